The van der Waals surface area contributed by atoms with Crippen LogP contribution >= 0.6 is 0 Å². The summed E-state index contributed by atoms with van der Waals surface area (Å²) in [6.45, 7) is 0. The van der Waals surface area contributed by atoms with E-state index in [4.69, 9.17) is 0 Å². The molecular formula is C18H26N2O4Y-2. The number of nitrogens with zero attached hydrogens (tertiary/aromatic N) is 2. The predicted molar refractivity (Wildman–Crippen MR) is 93.9 cm³/mol. The maximum Gasteiger partial charge on any atom is 0.212 e. The third kappa shape index (κ3) is 11.1. The van der Waals surface area contributed by atoms with Crippen LogP contribution in [0.15, 0.2) is 18.2 Å². The number of hydrogen-bond donors (Lipinski definition) is 0. The van der Waals surface area contributed by atoms with Gasteiger partial charge in [0.25, 0.3) is 0 Å². The molecule has 137 valence electrons. The molecule has 25 heavy (non-hydrogen) atoms. The first-order valence-electron chi connectivity index (χ1n) is 7.11. The van der Waals surface area contributed by atoms with E-state index in [1.807, 2.05) is 26.0 Å². The van der Waals surface area contributed by atoms with Crippen LogP contribution in [0.1, 0.15) is 33.6 Å². The number of carbonyl (C=O) groups excluding carboxylic acids is 4. The van der Waals surface area contributed by atoms with E-state index < -0.39 is 11.9 Å². The van der Waals surface area contributed by atoms with E-state index >= 15 is 0 Å². The molecule has 6 nitrogen and oxygen atoms in total. The molecule has 0 aromatic heterocycles. The molecule has 1 radical (unpaired) electrons. The second kappa shape index (κ2) is 16.2. The minimum atomic E-state index is -0.683. The summed E-state index contributed by atoms with van der Waals surface area (Å²) >= 11 is 0. The molecule has 0 aliphatic carbocycles. The van der Waals surface area contributed by atoms with Gasteiger partial charge in [-0.1, -0.05) is 5.56 Å². The summed E-state index contributed by atoms with van der Waals surface area (Å²) in [6.07, 6.45) is 2.32. The molecule has 0 aliphatic rings. The molecule has 1 aromatic rings. The van der Waals surface area contributed by atoms with Crippen LogP contribution < -0.4 is 0 Å². The Labute approximate surface area is 175 Å². The summed E-state index contributed by atoms with van der Waals surface area (Å²) in [4.78, 5) is 47.5. The van der Waals surface area contributed by atoms with Gasteiger partial charge in [0.1, 0.15) is 12.6 Å². The molecule has 1 atom stereocenters. The maximum atomic E-state index is 12.2. The Morgan fingerprint density at radius 3 is 2.20 bits per heavy atom. The summed E-state index contributed by atoms with van der Waals surface area (Å²) in [5, 5.41) is 0. The van der Waals surface area contributed by atoms with Gasteiger partial charge in [-0.25, -0.2) is 0 Å². The first-order chi connectivity index (χ1) is 10.9. The zero-order chi connectivity index (χ0) is 17.8. The van der Waals surface area contributed by atoms with Crippen LogP contribution in [0.3, 0.4) is 0 Å². The molecule has 0 fully saturated rings. The van der Waals surface area contributed by atoms with Crippen molar-refractivity contribution in [2.75, 3.05) is 28.2 Å². The third-order valence-electron chi connectivity index (χ3n) is 2.79. The van der Waals surface area contributed by atoms with E-state index in [9.17, 15) is 19.2 Å². The van der Waals surface area contributed by atoms with Crippen molar-refractivity contribution < 1.29 is 51.9 Å². The summed E-state index contributed by atoms with van der Waals surface area (Å²) in [5.74, 6) is -0.443. The van der Waals surface area contributed by atoms with Crippen molar-refractivity contribution in [2.24, 2.45) is 0 Å². The Kier molecular flexibility index (Phi) is 18.6. The van der Waals surface area contributed by atoms with Crippen LogP contribution in [-0.4, -0.2) is 68.8 Å². The van der Waals surface area contributed by atoms with Gasteiger partial charge in [-0.15, -0.1) is 24.3 Å². The standard InChI is InChI=1S/C14H14NO4.C3H9N.CH3.Y/c1-15(12(10-18)6-4-8-16)14(19)13-7-3-2-5-11(13)9-17;1-4(2)3;;/h2-3,7-10,12H,4,6H2,1H3;1-3H3;1H3;/q-1;;-1;. The molecule has 1 rings (SSSR count). The van der Waals surface area contributed by atoms with Gasteiger partial charge in [0, 0.05) is 46.2 Å². The van der Waals surface area contributed by atoms with Gasteiger partial charge in [-0.3, -0.25) is 4.79 Å². The minimum Gasteiger partial charge on any atom is -0.358 e. The Hall–Kier alpha value is -1.24. The Bertz CT molecular complexity index is 533. The molecular weight excluding hydrogens is 397 g/mol. The molecule has 0 spiro atoms. The van der Waals surface area contributed by atoms with Crippen molar-refractivity contribution >= 4 is 24.8 Å². The second-order valence-corrected chi connectivity index (χ2v) is 5.32. The number of hydrogen-bond acceptors (Lipinski definition) is 5. The zero-order valence-electron chi connectivity index (χ0n) is 15.6. The first kappa shape index (κ1) is 28.6. The van der Waals surface area contributed by atoms with Crippen molar-refractivity contribution in [2.45, 2.75) is 18.9 Å². The van der Waals surface area contributed by atoms with Gasteiger partial charge >= 0.3 is 0 Å². The van der Waals surface area contributed by atoms with Gasteiger partial charge in [-0.05, 0) is 33.1 Å². The Morgan fingerprint density at radius 1 is 1.20 bits per heavy atom. The third-order valence-corrected chi connectivity index (χ3v) is 2.79. The van der Waals surface area contributed by atoms with Crippen LogP contribution in [-0.2, 0) is 42.3 Å². The number of rotatable bonds is 7. The zero-order valence-corrected chi connectivity index (χ0v) is 18.4. The average molecular weight is 423 g/mol. The topological polar surface area (TPSA) is 74.8 Å². The number of likely N-dealkylation sites (N-methyl/N-ethyl adjacent to an activating group) is 1. The summed E-state index contributed by atoms with van der Waals surface area (Å²) in [7, 11) is 7.47. The van der Waals surface area contributed by atoms with Crippen molar-refractivity contribution in [3.63, 3.8) is 0 Å². The number of benzene rings is 1. The number of amides is 1. The molecule has 0 saturated carbocycles. The molecule has 0 aliphatic heterocycles. The normalized spacial score (nSPS) is 10.1. The van der Waals surface area contributed by atoms with E-state index in [1.165, 1.54) is 24.1 Å². The van der Waals surface area contributed by atoms with E-state index in [1.54, 1.807) is 6.07 Å². The predicted octanol–water partition coefficient (Wildman–Crippen LogP) is 1.54. The second-order valence-electron chi connectivity index (χ2n) is 5.32. The van der Waals surface area contributed by atoms with E-state index in [0.29, 0.717) is 18.9 Å². The fourth-order valence-electron chi connectivity index (χ4n) is 1.67. The summed E-state index contributed by atoms with van der Waals surface area (Å²) in [5.41, 5.74) is 0.345. The van der Waals surface area contributed by atoms with Crippen LogP contribution in [0.25, 0.3) is 0 Å². The minimum absolute atomic E-state index is 0. The van der Waals surface area contributed by atoms with Gasteiger partial charge in [0.2, 0.25) is 5.91 Å². The fraction of sp³-hybridized carbons (Fsp3) is 0.389. The van der Waals surface area contributed by atoms with E-state index in [0.717, 1.165) is 0 Å². The Balaban J connectivity index is -0.000000728. The molecule has 1 aromatic carbocycles. The van der Waals surface area contributed by atoms with Crippen LogP contribution in [0.4, 0.5) is 0 Å². The smallest absolute Gasteiger partial charge is 0.212 e. The van der Waals surface area contributed by atoms with Crippen molar-refractivity contribution in [1.29, 1.82) is 0 Å². The quantitative estimate of drug-likeness (QED) is 0.492. The molecule has 1 unspecified atom stereocenters. The van der Waals surface area contributed by atoms with Gasteiger partial charge in [-0.2, -0.15) is 0 Å². The van der Waals surface area contributed by atoms with Crippen molar-refractivity contribution in [3.05, 3.63) is 42.8 Å². The molecule has 1 amide bonds. The molecule has 0 heterocycles. The molecule has 0 saturated heterocycles. The maximum absolute atomic E-state index is 12.2. The van der Waals surface area contributed by atoms with Crippen molar-refractivity contribution in [1.82, 2.24) is 9.80 Å². The molecule has 0 bridgehead atoms. The largest absolute Gasteiger partial charge is 0.358 e. The van der Waals surface area contributed by atoms with Crippen LogP contribution in [0.2, 0.25) is 0 Å². The molecule has 7 heteroatoms. The summed E-state index contributed by atoms with van der Waals surface area (Å²) in [6, 6.07) is 6.60. The van der Waals surface area contributed by atoms with Crippen LogP contribution in [0.5, 0.6) is 0 Å². The van der Waals surface area contributed by atoms with Gasteiger partial charge < -0.3 is 31.6 Å². The SMILES string of the molecule is CN(C(=O)c1ccc[c-]c1C=O)C(C=O)CCC=O.CN(C)C.[CH3-].[Y]. The van der Waals surface area contributed by atoms with E-state index in [-0.39, 0.29) is 64.1 Å². The van der Waals surface area contributed by atoms with Gasteiger partial charge in [0.15, 0.2) is 0 Å². The number of aldehydes is 3. The Morgan fingerprint density at radius 2 is 1.76 bits per heavy atom. The fourth-order valence-corrected chi connectivity index (χ4v) is 1.67. The summed E-state index contributed by atoms with van der Waals surface area (Å²) < 4.78 is 0. The van der Waals surface area contributed by atoms with Gasteiger partial charge in [0.05, 0.1) is 12.3 Å². The number of carbonyl (C=O) groups is 4. The monoisotopic (exact) mass is 423 g/mol. The average Bonchev–Trinajstić information content (AvgIpc) is 2.54. The van der Waals surface area contributed by atoms with Crippen LogP contribution in [0, 0.1) is 13.5 Å². The molecule has 0 N–H and O–H groups in total. The van der Waals surface area contributed by atoms with Crippen molar-refractivity contribution in [3.8, 4) is 0 Å². The van der Waals surface area contributed by atoms with E-state index in [2.05, 4.69) is 6.07 Å². The first-order valence-corrected chi connectivity index (χ1v) is 7.11.